The van der Waals surface area contributed by atoms with Crippen LogP contribution in [0.1, 0.15) is 84.8 Å². The van der Waals surface area contributed by atoms with E-state index in [9.17, 15) is 9.59 Å². The summed E-state index contributed by atoms with van der Waals surface area (Å²) in [5.41, 5.74) is 1.80. The van der Waals surface area contributed by atoms with E-state index in [1.165, 1.54) is 27.3 Å². The van der Waals surface area contributed by atoms with Crippen molar-refractivity contribution < 1.29 is 19.1 Å². The Kier molecular flexibility index (Phi) is 16.5. The number of aromatic nitrogens is 2. The number of esters is 1. The number of fused-ring (bicyclic) bond motifs is 2. The zero-order chi connectivity index (χ0) is 38.6. The van der Waals surface area contributed by atoms with Gasteiger partial charge in [-0.25, -0.2) is 4.79 Å². The molecule has 0 spiro atoms. The monoisotopic (exact) mass is 917 g/mol. The third-order valence-electron chi connectivity index (χ3n) is 8.76. The Bertz CT molecular complexity index is 1800. The lowest BCUT2D eigenvalue weighted by molar-refractivity contribution is -0.156. The molecule has 2 aromatic carbocycles. The molecule has 4 heterocycles. The molecule has 2 fully saturated rings. The number of alkyl carbamates (subject to hydrolysis) is 1. The number of likely N-dealkylation sites (tertiary alicyclic amines) is 1. The van der Waals surface area contributed by atoms with Gasteiger partial charge in [0.25, 0.3) is 0 Å². The summed E-state index contributed by atoms with van der Waals surface area (Å²) in [4.78, 5) is 34.2. The van der Waals surface area contributed by atoms with Crippen LogP contribution in [0.3, 0.4) is 0 Å². The van der Waals surface area contributed by atoms with Gasteiger partial charge in [-0.05, 0) is 165 Å². The van der Waals surface area contributed by atoms with Gasteiger partial charge in [0.15, 0.2) is 0 Å². The number of piperidine rings is 2. The van der Waals surface area contributed by atoms with Gasteiger partial charge in [-0.1, -0.05) is 40.2 Å². The number of hydrogen-bond acceptors (Lipinski definition) is 8. The molecule has 2 aromatic heterocycles. The number of nitrogens with zero attached hydrogens (tertiary/aromatic N) is 3. The number of pyridine rings is 2. The van der Waals surface area contributed by atoms with Crippen LogP contribution in [0.2, 0.25) is 0 Å². The molecule has 0 saturated carbocycles. The van der Waals surface area contributed by atoms with E-state index in [-0.39, 0.29) is 18.1 Å². The summed E-state index contributed by atoms with van der Waals surface area (Å²) < 4.78 is 12.7. The highest BCUT2D eigenvalue weighted by atomic mass is 79.9. The quantitative estimate of drug-likeness (QED) is 0.146. The molecule has 2 aliphatic heterocycles. The average Bonchev–Trinajstić information content (AvgIpc) is 3.09. The number of ether oxygens (including phenoxy) is 2. The number of halogens is 3. The molecule has 1 amide bonds. The van der Waals surface area contributed by atoms with Crippen LogP contribution >= 0.6 is 47.8 Å². The number of benzene rings is 2. The van der Waals surface area contributed by atoms with Crippen LogP contribution in [0.5, 0.6) is 0 Å². The van der Waals surface area contributed by atoms with E-state index in [0.29, 0.717) is 12.3 Å². The van der Waals surface area contributed by atoms with Crippen molar-refractivity contribution in [3.8, 4) is 0 Å². The van der Waals surface area contributed by atoms with Crippen molar-refractivity contribution in [1.29, 1.82) is 0 Å². The molecule has 0 aliphatic carbocycles. The molecule has 0 bridgehead atoms. The Morgan fingerprint density at radius 3 is 1.85 bits per heavy atom. The van der Waals surface area contributed by atoms with Crippen molar-refractivity contribution in [2.45, 2.75) is 103 Å². The van der Waals surface area contributed by atoms with Gasteiger partial charge in [-0.15, -0.1) is 0 Å². The predicted octanol–water partition coefficient (Wildman–Crippen LogP) is 10.1. The van der Waals surface area contributed by atoms with Gasteiger partial charge in [-0.2, -0.15) is 0 Å². The summed E-state index contributed by atoms with van der Waals surface area (Å²) in [5, 5.41) is 11.7. The normalized spacial score (nSPS) is 15.9. The molecule has 12 heteroatoms. The summed E-state index contributed by atoms with van der Waals surface area (Å²) in [6, 6.07) is 13.2. The summed E-state index contributed by atoms with van der Waals surface area (Å²) in [6.45, 7) is 16.3. The van der Waals surface area contributed by atoms with E-state index in [0.717, 1.165) is 78.1 Å². The van der Waals surface area contributed by atoms with Gasteiger partial charge in [0, 0.05) is 68.8 Å². The molecular weight excluding hydrogens is 866 g/mol. The highest BCUT2D eigenvalue weighted by Gasteiger charge is 2.25. The molecule has 6 rings (SSSR count). The molecule has 2 saturated heterocycles. The van der Waals surface area contributed by atoms with E-state index in [1.54, 1.807) is 0 Å². The Morgan fingerprint density at radius 2 is 1.32 bits per heavy atom. The van der Waals surface area contributed by atoms with E-state index in [4.69, 9.17) is 9.47 Å². The number of nitrogens with one attached hydrogen (secondary N) is 2. The minimum atomic E-state index is -0.406. The van der Waals surface area contributed by atoms with Crippen molar-refractivity contribution >= 4 is 81.4 Å². The fraction of sp³-hybridized carbons (Fsp3) is 0.512. The van der Waals surface area contributed by atoms with Crippen LogP contribution in [0, 0.1) is 5.92 Å². The Labute approximate surface area is 340 Å². The molecule has 4 aromatic rings. The van der Waals surface area contributed by atoms with Crippen LogP contribution in [0.15, 0.2) is 70.1 Å². The van der Waals surface area contributed by atoms with Crippen LogP contribution in [0.4, 0.5) is 4.79 Å². The van der Waals surface area contributed by atoms with Crippen molar-refractivity contribution in [3.63, 3.8) is 0 Å². The van der Waals surface area contributed by atoms with Gasteiger partial charge in [0.1, 0.15) is 11.2 Å². The summed E-state index contributed by atoms with van der Waals surface area (Å²) >= 11 is 10.5. The molecule has 0 radical (unpaired) electrons. The number of carbonyl (C=O) groups is 2. The Hall–Kier alpha value is -2.64. The topological polar surface area (TPSA) is 106 Å². The lowest BCUT2D eigenvalue weighted by atomic mass is 9.93. The largest absolute Gasteiger partial charge is 0.460 e. The lowest BCUT2D eigenvalue weighted by Gasteiger charge is -2.32. The molecule has 0 unspecified atom stereocenters. The van der Waals surface area contributed by atoms with Crippen LogP contribution < -0.4 is 10.6 Å². The van der Waals surface area contributed by atoms with Gasteiger partial charge >= 0.3 is 12.1 Å². The summed E-state index contributed by atoms with van der Waals surface area (Å²) in [6.07, 6.45) is 11.8. The van der Waals surface area contributed by atoms with Gasteiger partial charge in [0.2, 0.25) is 0 Å². The maximum Gasteiger partial charge on any atom is 0.407 e. The standard InChI is InChI=1S/C21H27BrN2O2.C10H7Br2N.C10H20N2O2/c1-21(2,3)26-20(25)11-15-6-8-24(9-7-15)14-16-4-5-17-12-23-13-19(22)18(17)10-16;11-4-7-1-2-8-5-13-6-10(12)9(8)3-7;1-10(2,3)14-9(13)12-8-4-6-11-7-5-8/h4-5,10,12-13,15H,6-9,11,14H2,1-3H3;1-3,5-6H,4H2;8,11H,4-7H2,1-3H3,(H,12,13). The number of alkyl halides is 1. The van der Waals surface area contributed by atoms with E-state index >= 15 is 0 Å². The van der Waals surface area contributed by atoms with E-state index in [2.05, 4.69) is 110 Å². The summed E-state index contributed by atoms with van der Waals surface area (Å²) in [7, 11) is 0. The number of carbonyl (C=O) groups excluding carboxylic acids is 2. The molecule has 9 nitrogen and oxygen atoms in total. The maximum atomic E-state index is 12.0. The minimum Gasteiger partial charge on any atom is -0.460 e. The first-order valence-corrected chi connectivity index (χ1v) is 21.0. The first kappa shape index (κ1) is 43.1. The smallest absolute Gasteiger partial charge is 0.407 e. The Balaban J connectivity index is 0.000000196. The zero-order valence-electron chi connectivity index (χ0n) is 31.8. The van der Waals surface area contributed by atoms with E-state index in [1.807, 2.05) is 66.3 Å². The van der Waals surface area contributed by atoms with Crippen LogP contribution in [0.25, 0.3) is 21.5 Å². The fourth-order valence-corrected chi connectivity index (χ4v) is 7.47. The Morgan fingerprint density at radius 1 is 0.792 bits per heavy atom. The maximum absolute atomic E-state index is 12.0. The van der Waals surface area contributed by atoms with Crippen molar-refractivity contribution in [1.82, 2.24) is 25.5 Å². The van der Waals surface area contributed by atoms with Crippen LogP contribution in [-0.4, -0.2) is 70.4 Å². The van der Waals surface area contributed by atoms with Crippen molar-refractivity contribution in [2.24, 2.45) is 5.92 Å². The number of rotatable bonds is 6. The fourth-order valence-electron chi connectivity index (χ4n) is 6.20. The first-order valence-electron chi connectivity index (χ1n) is 18.3. The van der Waals surface area contributed by atoms with Crippen LogP contribution in [-0.2, 0) is 26.1 Å². The molecule has 53 heavy (non-hydrogen) atoms. The second-order valence-corrected chi connectivity index (χ2v) is 17.9. The van der Waals surface area contributed by atoms with Gasteiger partial charge < -0.3 is 20.1 Å². The SMILES string of the molecule is BrCc1ccc2cncc(Br)c2c1.CC(C)(C)OC(=O)CC1CCN(Cc2ccc3cncc(Br)c3c2)CC1.CC(C)(C)OC(=O)NC1CCNCC1. The van der Waals surface area contributed by atoms with Crippen molar-refractivity contribution in [2.75, 3.05) is 26.2 Å². The minimum absolute atomic E-state index is 0.0658. The third kappa shape index (κ3) is 15.2. The zero-order valence-corrected chi connectivity index (χ0v) is 36.6. The lowest BCUT2D eigenvalue weighted by Crippen LogP contribution is -2.44. The van der Waals surface area contributed by atoms with Gasteiger partial charge in [-0.3, -0.25) is 19.7 Å². The predicted molar refractivity (Wildman–Crippen MR) is 225 cm³/mol. The second kappa shape index (κ2) is 20.3. The second-order valence-electron chi connectivity index (χ2n) is 15.7. The average molecular weight is 921 g/mol. The number of hydrogen-bond donors (Lipinski definition) is 2. The highest BCUT2D eigenvalue weighted by molar-refractivity contribution is 9.11. The molecule has 288 valence electrons. The molecule has 0 atom stereocenters. The van der Waals surface area contributed by atoms with E-state index < -0.39 is 11.2 Å². The van der Waals surface area contributed by atoms with Gasteiger partial charge in [0.05, 0.1) is 0 Å². The van der Waals surface area contributed by atoms with Crippen molar-refractivity contribution in [3.05, 3.63) is 81.3 Å². The highest BCUT2D eigenvalue weighted by Crippen LogP contribution is 2.27. The third-order valence-corrected chi connectivity index (χ3v) is 10.7. The summed E-state index contributed by atoms with van der Waals surface area (Å²) in [5.74, 6) is 0.377. The molecular formula is C41H54Br3N5O4. The number of amides is 1. The molecule has 2 N–H and O–H groups in total. The first-order chi connectivity index (χ1) is 25.1. The molecule has 2 aliphatic rings.